The number of hydrogen-bond acceptors (Lipinski definition) is 3. The van der Waals surface area contributed by atoms with Gasteiger partial charge in [-0.1, -0.05) is 12.1 Å². The molecule has 134 valence electrons. The maximum atomic E-state index is 12.8. The van der Waals surface area contributed by atoms with Gasteiger partial charge in [0.25, 0.3) is 0 Å². The van der Waals surface area contributed by atoms with E-state index in [2.05, 4.69) is 5.32 Å². The molecule has 1 saturated heterocycles. The smallest absolute Gasteiger partial charge is 0.226 e. The van der Waals surface area contributed by atoms with Crippen LogP contribution in [-0.4, -0.2) is 41.5 Å². The van der Waals surface area contributed by atoms with E-state index in [1.54, 1.807) is 12.1 Å². The first-order chi connectivity index (χ1) is 12.1. The Bertz CT molecular complexity index is 671. The fraction of sp³-hybridized carbons (Fsp3) is 0.600. The second kappa shape index (κ2) is 6.70. The van der Waals surface area contributed by atoms with Crippen molar-refractivity contribution < 1.29 is 14.7 Å². The molecule has 0 aromatic heterocycles. The van der Waals surface area contributed by atoms with Crippen molar-refractivity contribution in [3.05, 3.63) is 29.8 Å². The van der Waals surface area contributed by atoms with Gasteiger partial charge < -0.3 is 15.3 Å². The van der Waals surface area contributed by atoms with Crippen LogP contribution in [0.15, 0.2) is 24.3 Å². The van der Waals surface area contributed by atoms with Gasteiger partial charge in [-0.25, -0.2) is 0 Å². The second-order valence-corrected chi connectivity index (χ2v) is 7.86. The van der Waals surface area contributed by atoms with E-state index in [4.69, 9.17) is 0 Å². The zero-order valence-corrected chi connectivity index (χ0v) is 14.5. The molecule has 1 aliphatic heterocycles. The fourth-order valence-electron chi connectivity index (χ4n) is 3.93. The third-order valence-corrected chi connectivity index (χ3v) is 5.77. The summed E-state index contributed by atoms with van der Waals surface area (Å²) in [7, 11) is 0. The highest BCUT2D eigenvalue weighted by Crippen LogP contribution is 2.49. The van der Waals surface area contributed by atoms with Gasteiger partial charge >= 0.3 is 0 Å². The Hall–Kier alpha value is -2.04. The fourth-order valence-corrected chi connectivity index (χ4v) is 3.93. The predicted molar refractivity (Wildman–Crippen MR) is 94.0 cm³/mol. The standard InChI is InChI=1S/C20H26N2O3/c23-16-5-1-3-14(9-16)17-10-18(17)20(25)22-8-2-4-15(12-22)19(24)21-11-13-6-7-13/h1,3,5,9,13,15,17-18,23H,2,4,6-8,10-12H2,(H,21,24)/t15-,17+,18-/m1/s1. The first kappa shape index (κ1) is 16.4. The van der Waals surface area contributed by atoms with E-state index in [9.17, 15) is 14.7 Å². The highest BCUT2D eigenvalue weighted by atomic mass is 16.3. The van der Waals surface area contributed by atoms with Gasteiger partial charge in [0.05, 0.1) is 5.92 Å². The molecule has 1 aromatic rings. The van der Waals surface area contributed by atoms with E-state index in [0.717, 1.165) is 37.9 Å². The minimum absolute atomic E-state index is 0.00933. The Morgan fingerprint density at radius 1 is 1.24 bits per heavy atom. The van der Waals surface area contributed by atoms with Gasteiger partial charge in [0.15, 0.2) is 0 Å². The molecule has 3 fully saturated rings. The lowest BCUT2D eigenvalue weighted by molar-refractivity contribution is -0.136. The van der Waals surface area contributed by atoms with Crippen LogP contribution in [0.25, 0.3) is 0 Å². The third kappa shape index (κ3) is 3.80. The lowest BCUT2D eigenvalue weighted by atomic mass is 9.96. The number of likely N-dealkylation sites (tertiary alicyclic amines) is 1. The molecule has 2 amide bonds. The summed E-state index contributed by atoms with van der Waals surface area (Å²) in [6.45, 7) is 2.11. The molecule has 0 radical (unpaired) electrons. The highest BCUT2D eigenvalue weighted by Gasteiger charge is 2.46. The number of piperidine rings is 1. The second-order valence-electron chi connectivity index (χ2n) is 7.86. The Labute approximate surface area is 148 Å². The quantitative estimate of drug-likeness (QED) is 0.862. The topological polar surface area (TPSA) is 69.6 Å². The van der Waals surface area contributed by atoms with Crippen molar-refractivity contribution in [1.82, 2.24) is 10.2 Å². The highest BCUT2D eigenvalue weighted by molar-refractivity contribution is 5.85. The van der Waals surface area contributed by atoms with Crippen molar-refractivity contribution in [3.63, 3.8) is 0 Å². The van der Waals surface area contributed by atoms with E-state index in [-0.39, 0.29) is 35.3 Å². The molecule has 5 nitrogen and oxygen atoms in total. The first-order valence-corrected chi connectivity index (χ1v) is 9.47. The van der Waals surface area contributed by atoms with Gasteiger partial charge in [-0.3, -0.25) is 9.59 Å². The zero-order chi connectivity index (χ0) is 17.4. The predicted octanol–water partition coefficient (Wildman–Crippen LogP) is 2.26. The van der Waals surface area contributed by atoms with E-state index in [0.29, 0.717) is 12.5 Å². The van der Waals surface area contributed by atoms with E-state index in [1.165, 1.54) is 12.8 Å². The zero-order valence-electron chi connectivity index (χ0n) is 14.5. The summed E-state index contributed by atoms with van der Waals surface area (Å²) in [6.07, 6.45) is 5.08. The molecule has 2 saturated carbocycles. The lowest BCUT2D eigenvalue weighted by Crippen LogP contribution is -2.46. The van der Waals surface area contributed by atoms with E-state index >= 15 is 0 Å². The van der Waals surface area contributed by atoms with Crippen LogP contribution in [0, 0.1) is 17.8 Å². The molecule has 2 N–H and O–H groups in total. The lowest BCUT2D eigenvalue weighted by Gasteiger charge is -2.32. The number of hydrogen-bond donors (Lipinski definition) is 2. The van der Waals surface area contributed by atoms with Crippen molar-refractivity contribution in [2.75, 3.05) is 19.6 Å². The Kier molecular flexibility index (Phi) is 4.40. The van der Waals surface area contributed by atoms with Crippen molar-refractivity contribution in [3.8, 4) is 5.75 Å². The maximum absolute atomic E-state index is 12.8. The molecule has 5 heteroatoms. The van der Waals surface area contributed by atoms with Crippen molar-refractivity contribution >= 4 is 11.8 Å². The van der Waals surface area contributed by atoms with Crippen LogP contribution < -0.4 is 5.32 Å². The Morgan fingerprint density at radius 3 is 2.84 bits per heavy atom. The summed E-state index contributed by atoms with van der Waals surface area (Å²) >= 11 is 0. The van der Waals surface area contributed by atoms with E-state index < -0.39 is 0 Å². The van der Waals surface area contributed by atoms with Crippen molar-refractivity contribution in [2.45, 2.75) is 38.0 Å². The van der Waals surface area contributed by atoms with Gasteiger partial charge in [-0.05, 0) is 61.6 Å². The summed E-state index contributed by atoms with van der Waals surface area (Å²) in [5.41, 5.74) is 1.04. The number of amides is 2. The van der Waals surface area contributed by atoms with Crippen molar-refractivity contribution in [2.24, 2.45) is 17.8 Å². The van der Waals surface area contributed by atoms with Crippen LogP contribution in [0.2, 0.25) is 0 Å². The monoisotopic (exact) mass is 342 g/mol. The molecular weight excluding hydrogens is 316 g/mol. The Balaban J connectivity index is 1.32. The molecule has 25 heavy (non-hydrogen) atoms. The van der Waals surface area contributed by atoms with Crippen LogP contribution in [0.5, 0.6) is 5.75 Å². The summed E-state index contributed by atoms with van der Waals surface area (Å²) in [6, 6.07) is 7.20. The number of phenolic OH excluding ortho intramolecular Hbond substituents is 1. The molecular formula is C20H26N2O3. The molecule has 1 aromatic carbocycles. The minimum Gasteiger partial charge on any atom is -0.508 e. The average molecular weight is 342 g/mol. The SMILES string of the molecule is O=C(NCC1CC1)[C@@H]1CCCN(C(=O)[C@@H]2C[C@H]2c2cccc(O)c2)C1. The molecule has 3 aliphatic rings. The number of phenols is 1. The van der Waals surface area contributed by atoms with E-state index in [1.807, 2.05) is 17.0 Å². The average Bonchev–Trinajstić information content (AvgIpc) is 3.53. The van der Waals surface area contributed by atoms with Crippen LogP contribution in [0.3, 0.4) is 0 Å². The number of nitrogens with one attached hydrogen (secondary N) is 1. The molecule has 2 aliphatic carbocycles. The number of benzene rings is 1. The normalized spacial score (nSPS) is 28.5. The van der Waals surface area contributed by atoms with Crippen LogP contribution in [0.4, 0.5) is 0 Å². The number of carbonyl (C=O) groups excluding carboxylic acids is 2. The largest absolute Gasteiger partial charge is 0.508 e. The van der Waals surface area contributed by atoms with Crippen LogP contribution >= 0.6 is 0 Å². The molecule has 3 atom stereocenters. The Morgan fingerprint density at radius 2 is 2.08 bits per heavy atom. The van der Waals surface area contributed by atoms with Gasteiger partial charge in [-0.2, -0.15) is 0 Å². The first-order valence-electron chi connectivity index (χ1n) is 9.47. The third-order valence-electron chi connectivity index (χ3n) is 5.77. The minimum atomic E-state index is -0.0607. The molecule has 0 unspecified atom stereocenters. The van der Waals surface area contributed by atoms with Gasteiger partial charge in [0.1, 0.15) is 5.75 Å². The van der Waals surface area contributed by atoms with Crippen LogP contribution in [-0.2, 0) is 9.59 Å². The molecule has 0 bridgehead atoms. The van der Waals surface area contributed by atoms with Crippen molar-refractivity contribution in [1.29, 1.82) is 0 Å². The molecule has 1 heterocycles. The van der Waals surface area contributed by atoms with Gasteiger partial charge in [0, 0.05) is 25.6 Å². The number of aromatic hydroxyl groups is 1. The maximum Gasteiger partial charge on any atom is 0.226 e. The summed E-state index contributed by atoms with van der Waals surface area (Å²) in [4.78, 5) is 27.0. The summed E-state index contributed by atoms with van der Waals surface area (Å²) in [5.74, 6) is 1.38. The summed E-state index contributed by atoms with van der Waals surface area (Å²) in [5, 5.41) is 12.7. The van der Waals surface area contributed by atoms with Crippen LogP contribution in [0.1, 0.15) is 43.6 Å². The van der Waals surface area contributed by atoms with Gasteiger partial charge in [-0.15, -0.1) is 0 Å². The number of nitrogens with zero attached hydrogens (tertiary/aromatic N) is 1. The molecule has 4 rings (SSSR count). The molecule has 0 spiro atoms. The van der Waals surface area contributed by atoms with Gasteiger partial charge in [0.2, 0.25) is 11.8 Å². The number of carbonyl (C=O) groups is 2. The summed E-state index contributed by atoms with van der Waals surface area (Å²) < 4.78 is 0. The number of rotatable bonds is 5.